The van der Waals surface area contributed by atoms with Crippen molar-refractivity contribution in [1.29, 1.82) is 0 Å². The summed E-state index contributed by atoms with van der Waals surface area (Å²) in [5.74, 6) is 2.10. The molecule has 0 saturated carbocycles. The van der Waals surface area contributed by atoms with Crippen LogP contribution in [0.5, 0.6) is 0 Å². The molecule has 0 bridgehead atoms. The molecule has 1 N–H and O–H groups in total. The zero-order chi connectivity index (χ0) is 14.7. The quantitative estimate of drug-likeness (QED) is 0.741. The highest BCUT2D eigenvalue weighted by molar-refractivity contribution is 14.0. The summed E-state index contributed by atoms with van der Waals surface area (Å²) in [5, 5.41) is 3.43. The molecule has 6 nitrogen and oxygen atoms in total. The van der Waals surface area contributed by atoms with Crippen molar-refractivity contribution in [1.82, 2.24) is 20.1 Å². The summed E-state index contributed by atoms with van der Waals surface area (Å²) in [5.41, 5.74) is 1.24. The number of pyridine rings is 1. The normalized spacial score (nSPS) is 18.9. The van der Waals surface area contributed by atoms with E-state index in [-0.39, 0.29) is 24.0 Å². The van der Waals surface area contributed by atoms with Crippen LogP contribution in [0.2, 0.25) is 0 Å². The van der Waals surface area contributed by atoms with Gasteiger partial charge in [0.25, 0.3) is 0 Å². The maximum Gasteiger partial charge on any atom is 0.194 e. The van der Waals surface area contributed by atoms with E-state index in [1.807, 2.05) is 12.3 Å². The lowest BCUT2D eigenvalue weighted by molar-refractivity contribution is 0.312. The summed E-state index contributed by atoms with van der Waals surface area (Å²) in [6.45, 7) is 6.94. The Morgan fingerprint density at radius 2 is 1.91 bits per heavy atom. The van der Waals surface area contributed by atoms with Gasteiger partial charge in [-0.15, -0.1) is 24.0 Å². The van der Waals surface area contributed by atoms with Gasteiger partial charge in [-0.05, 0) is 13.1 Å². The van der Waals surface area contributed by atoms with Crippen molar-refractivity contribution in [2.45, 2.75) is 6.54 Å². The average molecular weight is 416 g/mol. The number of aromatic nitrogens is 1. The van der Waals surface area contributed by atoms with Crippen LogP contribution < -0.4 is 10.2 Å². The highest BCUT2D eigenvalue weighted by Gasteiger charge is 2.18. The summed E-state index contributed by atoms with van der Waals surface area (Å²) >= 11 is 0. The molecule has 0 radical (unpaired) electrons. The zero-order valence-electron chi connectivity index (χ0n) is 13.3. The Kier molecular flexibility index (Phi) is 6.25. The van der Waals surface area contributed by atoms with E-state index in [1.165, 1.54) is 5.56 Å². The molecular formula is C15H25IN6. The van der Waals surface area contributed by atoms with Gasteiger partial charge in [-0.25, -0.2) is 4.98 Å². The molecule has 0 atom stereocenters. The molecule has 1 aromatic heterocycles. The molecule has 2 aliphatic heterocycles. The number of piperazine rings is 1. The second-order valence-electron chi connectivity index (χ2n) is 5.76. The number of hydrogen-bond acceptors (Lipinski definition) is 6. The van der Waals surface area contributed by atoms with Crippen molar-refractivity contribution in [2.24, 2.45) is 4.99 Å². The fourth-order valence-corrected chi connectivity index (χ4v) is 2.77. The van der Waals surface area contributed by atoms with Gasteiger partial charge in [0.2, 0.25) is 0 Å². The Morgan fingerprint density at radius 1 is 1.14 bits per heavy atom. The predicted molar refractivity (Wildman–Crippen MR) is 101 cm³/mol. The van der Waals surface area contributed by atoms with Crippen LogP contribution in [0.4, 0.5) is 5.82 Å². The fourth-order valence-electron chi connectivity index (χ4n) is 2.77. The van der Waals surface area contributed by atoms with Gasteiger partial charge in [-0.2, -0.15) is 0 Å². The lowest BCUT2D eigenvalue weighted by Gasteiger charge is -2.34. The first-order valence-electron chi connectivity index (χ1n) is 7.61. The minimum atomic E-state index is 0. The van der Waals surface area contributed by atoms with Crippen molar-refractivity contribution in [2.75, 3.05) is 58.3 Å². The smallest absolute Gasteiger partial charge is 0.194 e. The van der Waals surface area contributed by atoms with Gasteiger partial charge in [-0.3, -0.25) is 4.99 Å². The van der Waals surface area contributed by atoms with E-state index < -0.39 is 0 Å². The first-order chi connectivity index (χ1) is 10.2. The van der Waals surface area contributed by atoms with Crippen LogP contribution in [0.25, 0.3) is 0 Å². The molecule has 0 amide bonds. The molecule has 3 rings (SSSR count). The van der Waals surface area contributed by atoms with E-state index >= 15 is 0 Å². The van der Waals surface area contributed by atoms with E-state index in [9.17, 15) is 0 Å². The molecule has 0 aromatic carbocycles. The predicted octanol–water partition coefficient (Wildman–Crippen LogP) is 0.842. The number of halogens is 1. The van der Waals surface area contributed by atoms with Crippen LogP contribution in [0.15, 0.2) is 23.3 Å². The third-order valence-corrected chi connectivity index (χ3v) is 4.17. The minimum absolute atomic E-state index is 0. The van der Waals surface area contributed by atoms with Gasteiger partial charge < -0.3 is 20.0 Å². The third-order valence-electron chi connectivity index (χ3n) is 4.17. The minimum Gasteiger partial charge on any atom is -0.354 e. The second kappa shape index (κ2) is 7.96. The average Bonchev–Trinajstić information content (AvgIpc) is 2.92. The summed E-state index contributed by atoms with van der Waals surface area (Å²) in [4.78, 5) is 16.0. The largest absolute Gasteiger partial charge is 0.354 e. The van der Waals surface area contributed by atoms with Crippen LogP contribution in [0, 0.1) is 0 Å². The van der Waals surface area contributed by atoms with Crippen molar-refractivity contribution in [3.05, 3.63) is 23.9 Å². The molecule has 1 aromatic rings. The third kappa shape index (κ3) is 4.01. The lowest BCUT2D eigenvalue weighted by atomic mass is 10.2. The Bertz CT molecular complexity index is 513. The summed E-state index contributed by atoms with van der Waals surface area (Å²) in [6, 6.07) is 4.17. The lowest BCUT2D eigenvalue weighted by Crippen LogP contribution is -2.45. The second-order valence-corrected chi connectivity index (χ2v) is 5.76. The molecule has 3 heterocycles. The summed E-state index contributed by atoms with van der Waals surface area (Å²) < 4.78 is 0. The van der Waals surface area contributed by atoms with Crippen LogP contribution in [0.1, 0.15) is 5.56 Å². The monoisotopic (exact) mass is 416 g/mol. The van der Waals surface area contributed by atoms with Crippen molar-refractivity contribution in [3.63, 3.8) is 0 Å². The van der Waals surface area contributed by atoms with Gasteiger partial charge >= 0.3 is 0 Å². The summed E-state index contributed by atoms with van der Waals surface area (Å²) in [7, 11) is 4.25. The van der Waals surface area contributed by atoms with Gasteiger partial charge in [-0.1, -0.05) is 6.07 Å². The van der Waals surface area contributed by atoms with Gasteiger partial charge in [0.15, 0.2) is 5.96 Å². The SMILES string of the molecule is CN1CCN(c2ncccc2CNC2=NCCN2C)CC1.I. The molecule has 7 heteroatoms. The van der Waals surface area contributed by atoms with Gasteiger partial charge in [0.05, 0.1) is 6.54 Å². The first kappa shape index (κ1) is 17.3. The molecule has 1 saturated heterocycles. The molecular weight excluding hydrogens is 391 g/mol. The molecule has 0 aliphatic carbocycles. The number of nitrogens with zero attached hydrogens (tertiary/aromatic N) is 5. The van der Waals surface area contributed by atoms with E-state index in [4.69, 9.17) is 0 Å². The van der Waals surface area contributed by atoms with Crippen LogP contribution in [0.3, 0.4) is 0 Å². The number of hydrogen-bond donors (Lipinski definition) is 1. The number of rotatable bonds is 3. The highest BCUT2D eigenvalue weighted by atomic mass is 127. The van der Waals surface area contributed by atoms with Crippen LogP contribution >= 0.6 is 24.0 Å². The van der Waals surface area contributed by atoms with Crippen LogP contribution in [-0.2, 0) is 6.54 Å². The number of aliphatic imine (C=N–C) groups is 1. The van der Waals surface area contributed by atoms with Gasteiger partial charge in [0.1, 0.15) is 5.82 Å². The Labute approximate surface area is 149 Å². The van der Waals surface area contributed by atoms with Crippen LogP contribution in [-0.4, -0.2) is 74.1 Å². The Hall–Kier alpha value is -1.09. The molecule has 1 fully saturated rings. The first-order valence-corrected chi connectivity index (χ1v) is 7.61. The van der Waals surface area contributed by atoms with Crippen molar-refractivity contribution >= 4 is 35.8 Å². The maximum absolute atomic E-state index is 4.61. The van der Waals surface area contributed by atoms with Gasteiger partial charge in [0, 0.05) is 58.1 Å². The molecule has 0 unspecified atom stereocenters. The standard InChI is InChI=1S/C15H24N6.HI/c1-19-8-10-21(11-9-19)14-13(4-3-5-16-14)12-18-15-17-6-7-20(15)2;/h3-5H,6-12H2,1-2H3,(H,17,18);1H. The van der Waals surface area contributed by atoms with Crippen molar-refractivity contribution in [3.8, 4) is 0 Å². The van der Waals surface area contributed by atoms with E-state index in [1.54, 1.807) is 0 Å². The Balaban J connectivity index is 0.00000176. The molecule has 22 heavy (non-hydrogen) atoms. The Morgan fingerprint density at radius 3 is 2.59 bits per heavy atom. The van der Waals surface area contributed by atoms with E-state index in [0.29, 0.717) is 0 Å². The molecule has 2 aliphatic rings. The number of likely N-dealkylation sites (N-methyl/N-ethyl adjacent to an activating group) is 2. The number of nitrogens with one attached hydrogen (secondary N) is 1. The maximum atomic E-state index is 4.61. The number of guanidine groups is 1. The molecule has 0 spiro atoms. The highest BCUT2D eigenvalue weighted by Crippen LogP contribution is 2.18. The van der Waals surface area contributed by atoms with Crippen molar-refractivity contribution < 1.29 is 0 Å². The topological polar surface area (TPSA) is 47.0 Å². The summed E-state index contributed by atoms with van der Waals surface area (Å²) in [6.07, 6.45) is 1.89. The van der Waals surface area contributed by atoms with E-state index in [0.717, 1.165) is 57.6 Å². The number of anilines is 1. The van der Waals surface area contributed by atoms with E-state index in [2.05, 4.69) is 50.2 Å². The molecule has 122 valence electrons. The fraction of sp³-hybridized carbons (Fsp3) is 0.600. The zero-order valence-corrected chi connectivity index (χ0v) is 15.7.